The molecule has 0 radical (unpaired) electrons. The topological polar surface area (TPSA) is 88.2 Å². The second kappa shape index (κ2) is 7.40. The number of rotatable bonds is 5. The summed E-state index contributed by atoms with van der Waals surface area (Å²) in [5.41, 5.74) is 1.06. The molecule has 2 N–H and O–H groups in total. The van der Waals surface area contributed by atoms with Crippen LogP contribution in [0.3, 0.4) is 0 Å². The van der Waals surface area contributed by atoms with Gasteiger partial charge in [-0.05, 0) is 24.3 Å². The molecule has 0 aromatic carbocycles. The molecule has 0 unspecified atom stereocenters. The summed E-state index contributed by atoms with van der Waals surface area (Å²) in [6.07, 6.45) is 7.03. The number of piperazine rings is 1. The minimum atomic E-state index is -0.315. The monoisotopic (exact) mass is 352 g/mol. The van der Waals surface area contributed by atoms with Crippen LogP contribution in [0.25, 0.3) is 0 Å². The van der Waals surface area contributed by atoms with Crippen molar-refractivity contribution in [1.82, 2.24) is 19.9 Å². The lowest BCUT2D eigenvalue weighted by Gasteiger charge is -2.29. The number of hydrogen-bond donors (Lipinski definition) is 2. The molecule has 0 aliphatic carbocycles. The van der Waals surface area contributed by atoms with Gasteiger partial charge in [0.2, 0.25) is 0 Å². The number of aromatic nitrogens is 3. The Morgan fingerprint density at radius 2 is 2.12 bits per heavy atom. The van der Waals surface area contributed by atoms with Crippen LogP contribution in [-0.2, 0) is 6.54 Å². The van der Waals surface area contributed by atoms with Crippen molar-refractivity contribution in [3.8, 4) is 0 Å². The van der Waals surface area contributed by atoms with Crippen molar-refractivity contribution in [2.75, 3.05) is 36.4 Å². The van der Waals surface area contributed by atoms with Crippen molar-refractivity contribution in [1.29, 1.82) is 0 Å². The second-order valence-electron chi connectivity index (χ2n) is 6.09. The molecule has 4 rings (SSSR count). The zero-order valence-electron chi connectivity index (χ0n) is 14.3. The first kappa shape index (κ1) is 16.3. The van der Waals surface area contributed by atoms with E-state index in [0.29, 0.717) is 18.1 Å². The molecule has 1 saturated heterocycles. The van der Waals surface area contributed by atoms with Gasteiger partial charge < -0.3 is 24.5 Å². The van der Waals surface area contributed by atoms with Crippen LogP contribution in [0.15, 0.2) is 53.6 Å². The van der Waals surface area contributed by atoms with Crippen LogP contribution in [0.5, 0.6) is 0 Å². The van der Waals surface area contributed by atoms with Crippen LogP contribution in [0, 0.1) is 0 Å². The first-order valence-electron chi connectivity index (χ1n) is 8.55. The summed E-state index contributed by atoms with van der Waals surface area (Å²) in [6.45, 7) is 4.39. The van der Waals surface area contributed by atoms with E-state index >= 15 is 0 Å². The van der Waals surface area contributed by atoms with Gasteiger partial charge in [0.05, 0.1) is 24.8 Å². The molecule has 1 amide bonds. The van der Waals surface area contributed by atoms with E-state index in [1.165, 1.54) is 0 Å². The van der Waals surface area contributed by atoms with Gasteiger partial charge in [-0.15, -0.1) is 0 Å². The Labute approximate surface area is 150 Å². The Kier molecular flexibility index (Phi) is 4.65. The number of nitrogens with one attached hydrogen (secondary N) is 2. The predicted molar refractivity (Wildman–Crippen MR) is 97.3 cm³/mol. The maximum atomic E-state index is 12.3. The van der Waals surface area contributed by atoms with Crippen LogP contribution in [0.4, 0.5) is 11.5 Å². The van der Waals surface area contributed by atoms with Gasteiger partial charge >= 0.3 is 0 Å². The Morgan fingerprint density at radius 3 is 2.85 bits per heavy atom. The fraction of sp³-hybridized carbons (Fsp3) is 0.278. The predicted octanol–water partition coefficient (Wildman–Crippen LogP) is 1.58. The fourth-order valence-corrected chi connectivity index (χ4v) is 2.89. The molecule has 8 heteroatoms. The van der Waals surface area contributed by atoms with Crippen molar-refractivity contribution >= 4 is 17.4 Å². The molecule has 0 atom stereocenters. The van der Waals surface area contributed by atoms with E-state index in [1.807, 2.05) is 22.9 Å². The summed E-state index contributed by atoms with van der Waals surface area (Å²) in [7, 11) is 0. The average Bonchev–Trinajstić information content (AvgIpc) is 3.36. The zero-order valence-corrected chi connectivity index (χ0v) is 14.3. The molecule has 0 bridgehead atoms. The van der Waals surface area contributed by atoms with Gasteiger partial charge in [0.1, 0.15) is 11.6 Å². The van der Waals surface area contributed by atoms with Crippen molar-refractivity contribution < 1.29 is 9.21 Å². The lowest BCUT2D eigenvalue weighted by molar-refractivity contribution is 0.0994. The van der Waals surface area contributed by atoms with E-state index in [1.54, 1.807) is 30.9 Å². The number of carbonyl (C=O) groups excluding carboxylic acids is 1. The number of carbonyl (C=O) groups is 1. The highest BCUT2D eigenvalue weighted by atomic mass is 16.4. The quantitative estimate of drug-likeness (QED) is 0.725. The number of furan rings is 1. The molecule has 0 saturated carbocycles. The van der Waals surface area contributed by atoms with Crippen molar-refractivity contribution in [3.05, 3.63) is 60.7 Å². The van der Waals surface area contributed by atoms with Gasteiger partial charge in [0.15, 0.2) is 5.76 Å². The number of pyridine rings is 1. The molecule has 1 aliphatic heterocycles. The summed E-state index contributed by atoms with van der Waals surface area (Å²) in [4.78, 5) is 22.9. The summed E-state index contributed by atoms with van der Waals surface area (Å²) in [5, 5.41) is 6.09. The van der Waals surface area contributed by atoms with Crippen LogP contribution < -0.4 is 15.5 Å². The smallest absolute Gasteiger partial charge is 0.292 e. The summed E-state index contributed by atoms with van der Waals surface area (Å²) in [5.74, 6) is 1.13. The van der Waals surface area contributed by atoms with E-state index in [0.717, 1.165) is 31.9 Å². The van der Waals surface area contributed by atoms with Gasteiger partial charge in [-0.3, -0.25) is 4.79 Å². The van der Waals surface area contributed by atoms with Gasteiger partial charge in [-0.25, -0.2) is 9.97 Å². The van der Waals surface area contributed by atoms with Crippen LogP contribution >= 0.6 is 0 Å². The third kappa shape index (κ3) is 3.75. The number of amides is 1. The Hall–Kier alpha value is -3.13. The van der Waals surface area contributed by atoms with Gasteiger partial charge in [-0.1, -0.05) is 0 Å². The van der Waals surface area contributed by atoms with Crippen LogP contribution in [0.1, 0.15) is 16.3 Å². The lowest BCUT2D eigenvalue weighted by Crippen LogP contribution is -2.43. The van der Waals surface area contributed by atoms with E-state index in [9.17, 15) is 4.79 Å². The van der Waals surface area contributed by atoms with Crippen LogP contribution in [0.2, 0.25) is 0 Å². The highest BCUT2D eigenvalue weighted by Crippen LogP contribution is 2.17. The normalized spacial score (nSPS) is 14.4. The standard InChI is InChI=1S/C18H20N6O2/c25-18(16-3-2-15(26-16)12-23-8-5-20-13-23)22-17-4-1-14(11-21-17)24-9-6-19-7-10-24/h1-5,8,11,13,19H,6-7,9-10,12H2,(H,21,22,25). The van der Waals surface area contributed by atoms with E-state index in [4.69, 9.17) is 4.42 Å². The molecule has 1 aliphatic rings. The first-order chi connectivity index (χ1) is 12.8. The van der Waals surface area contributed by atoms with E-state index in [2.05, 4.69) is 25.5 Å². The van der Waals surface area contributed by atoms with Crippen molar-refractivity contribution in [2.24, 2.45) is 0 Å². The zero-order chi connectivity index (χ0) is 17.8. The molecule has 26 heavy (non-hydrogen) atoms. The molecular formula is C18H20N6O2. The molecule has 8 nitrogen and oxygen atoms in total. The molecule has 134 valence electrons. The fourth-order valence-electron chi connectivity index (χ4n) is 2.89. The van der Waals surface area contributed by atoms with Gasteiger partial charge in [0.25, 0.3) is 5.91 Å². The third-order valence-electron chi connectivity index (χ3n) is 4.25. The SMILES string of the molecule is O=C(Nc1ccc(N2CCNCC2)cn1)c1ccc(Cn2ccnc2)o1. The first-order valence-corrected chi connectivity index (χ1v) is 8.55. The summed E-state index contributed by atoms with van der Waals surface area (Å²) >= 11 is 0. The number of anilines is 2. The largest absolute Gasteiger partial charge is 0.454 e. The molecular weight excluding hydrogens is 332 g/mol. The van der Waals surface area contributed by atoms with Gasteiger partial charge in [0, 0.05) is 38.6 Å². The van der Waals surface area contributed by atoms with Crippen molar-refractivity contribution in [3.63, 3.8) is 0 Å². The minimum Gasteiger partial charge on any atom is -0.454 e. The Balaban J connectivity index is 1.37. The van der Waals surface area contributed by atoms with E-state index in [-0.39, 0.29) is 11.7 Å². The minimum absolute atomic E-state index is 0.257. The maximum absolute atomic E-state index is 12.3. The summed E-state index contributed by atoms with van der Waals surface area (Å²) < 4.78 is 7.48. The van der Waals surface area contributed by atoms with Gasteiger partial charge in [-0.2, -0.15) is 0 Å². The number of hydrogen-bond acceptors (Lipinski definition) is 6. The highest BCUT2D eigenvalue weighted by molar-refractivity contribution is 6.01. The lowest BCUT2D eigenvalue weighted by atomic mass is 10.3. The summed E-state index contributed by atoms with van der Waals surface area (Å²) in [6, 6.07) is 7.23. The maximum Gasteiger partial charge on any atom is 0.292 e. The van der Waals surface area contributed by atoms with Crippen LogP contribution in [-0.4, -0.2) is 46.6 Å². The number of nitrogens with zero attached hydrogens (tertiary/aromatic N) is 4. The number of imidazole rings is 1. The molecule has 0 spiro atoms. The Bertz CT molecular complexity index is 850. The van der Waals surface area contributed by atoms with E-state index < -0.39 is 0 Å². The molecule has 4 heterocycles. The second-order valence-corrected chi connectivity index (χ2v) is 6.09. The highest BCUT2D eigenvalue weighted by Gasteiger charge is 2.14. The Morgan fingerprint density at radius 1 is 1.23 bits per heavy atom. The molecule has 3 aromatic rings. The van der Waals surface area contributed by atoms with Crippen molar-refractivity contribution in [2.45, 2.75) is 6.54 Å². The molecule has 1 fully saturated rings. The average molecular weight is 352 g/mol. The molecule has 3 aromatic heterocycles. The third-order valence-corrected chi connectivity index (χ3v) is 4.25.